The lowest BCUT2D eigenvalue weighted by Crippen LogP contribution is -2.11. The Morgan fingerprint density at radius 3 is 2.56 bits per heavy atom. The van der Waals surface area contributed by atoms with Gasteiger partial charge in [0.15, 0.2) is 5.82 Å². The average Bonchev–Trinajstić information content (AvgIpc) is 3.25. The van der Waals surface area contributed by atoms with E-state index in [4.69, 9.17) is 0 Å². The van der Waals surface area contributed by atoms with Crippen LogP contribution in [0.1, 0.15) is 29.5 Å². The van der Waals surface area contributed by atoms with Crippen LogP contribution in [0.5, 0.6) is 0 Å². The molecule has 2 heterocycles. The highest BCUT2D eigenvalue weighted by Gasteiger charge is 2.13. The maximum absolute atomic E-state index is 13.0. The normalized spacial score (nSPS) is 11.0. The van der Waals surface area contributed by atoms with Crippen LogP contribution in [0.4, 0.5) is 10.1 Å². The minimum absolute atomic E-state index is 0.286. The van der Waals surface area contributed by atoms with E-state index in [2.05, 4.69) is 27.5 Å². The van der Waals surface area contributed by atoms with Gasteiger partial charge in [0.05, 0.1) is 0 Å². The van der Waals surface area contributed by atoms with Crippen molar-refractivity contribution in [2.45, 2.75) is 19.8 Å². The molecule has 27 heavy (non-hydrogen) atoms. The number of hydrogen-bond donors (Lipinski definition) is 1. The number of halogens is 1. The fraction of sp³-hybridized carbons (Fsp3) is 0.158. The summed E-state index contributed by atoms with van der Waals surface area (Å²) in [6, 6.07) is 12.8. The highest BCUT2D eigenvalue weighted by Crippen LogP contribution is 2.27. The van der Waals surface area contributed by atoms with Crippen molar-refractivity contribution < 1.29 is 9.18 Å². The highest BCUT2D eigenvalue weighted by molar-refractivity contribution is 7.19. The summed E-state index contributed by atoms with van der Waals surface area (Å²) in [6.45, 7) is 2.09. The topological polar surface area (TPSA) is 72.2 Å². The van der Waals surface area contributed by atoms with Crippen LogP contribution in [0.2, 0.25) is 0 Å². The van der Waals surface area contributed by atoms with E-state index in [-0.39, 0.29) is 11.7 Å². The summed E-state index contributed by atoms with van der Waals surface area (Å²) in [5.41, 5.74) is 1.99. The van der Waals surface area contributed by atoms with Gasteiger partial charge in [0, 0.05) is 23.2 Å². The molecule has 1 amide bonds. The van der Waals surface area contributed by atoms with Crippen LogP contribution in [0.25, 0.3) is 15.5 Å². The summed E-state index contributed by atoms with van der Waals surface area (Å²) in [4.78, 5) is 13.0. The Morgan fingerprint density at radius 2 is 1.85 bits per heavy atom. The van der Waals surface area contributed by atoms with Gasteiger partial charge >= 0.3 is 0 Å². The number of benzene rings is 2. The summed E-state index contributed by atoms with van der Waals surface area (Å²) < 4.78 is 14.7. The molecule has 6 nitrogen and oxygen atoms in total. The van der Waals surface area contributed by atoms with Gasteiger partial charge in [-0.3, -0.25) is 4.79 Å². The molecule has 0 aliphatic rings. The third-order valence-electron chi connectivity index (χ3n) is 4.03. The largest absolute Gasteiger partial charge is 0.322 e. The Bertz CT molecular complexity index is 1090. The molecule has 0 bridgehead atoms. The van der Waals surface area contributed by atoms with Crippen molar-refractivity contribution in [2.75, 3.05) is 5.32 Å². The lowest BCUT2D eigenvalue weighted by Gasteiger charge is -2.06. The first-order valence-electron chi connectivity index (χ1n) is 8.52. The minimum atomic E-state index is -0.372. The number of aryl methyl sites for hydroxylation is 1. The molecule has 0 fully saturated rings. The zero-order valence-corrected chi connectivity index (χ0v) is 15.3. The maximum atomic E-state index is 13.0. The summed E-state index contributed by atoms with van der Waals surface area (Å²) >= 11 is 1.47. The van der Waals surface area contributed by atoms with Gasteiger partial charge in [0.2, 0.25) is 4.96 Å². The van der Waals surface area contributed by atoms with Gasteiger partial charge in [-0.05, 0) is 55.0 Å². The van der Waals surface area contributed by atoms with Crippen molar-refractivity contribution in [3.05, 3.63) is 65.7 Å². The minimum Gasteiger partial charge on any atom is -0.322 e. The number of carbonyl (C=O) groups is 1. The lowest BCUT2D eigenvalue weighted by molar-refractivity contribution is 0.102. The van der Waals surface area contributed by atoms with Crippen LogP contribution in [0, 0.1) is 5.82 Å². The number of fused-ring (bicyclic) bond motifs is 1. The molecule has 0 saturated heterocycles. The summed E-state index contributed by atoms with van der Waals surface area (Å²) in [7, 11) is 0. The van der Waals surface area contributed by atoms with Crippen molar-refractivity contribution in [2.24, 2.45) is 0 Å². The van der Waals surface area contributed by atoms with E-state index in [1.54, 1.807) is 4.52 Å². The zero-order valence-electron chi connectivity index (χ0n) is 14.5. The van der Waals surface area contributed by atoms with Crippen LogP contribution in [0.3, 0.4) is 0 Å². The van der Waals surface area contributed by atoms with Crippen molar-refractivity contribution in [1.82, 2.24) is 19.8 Å². The first kappa shape index (κ1) is 17.3. The molecule has 2 aromatic heterocycles. The lowest BCUT2D eigenvalue weighted by atomic mass is 10.2. The fourth-order valence-electron chi connectivity index (χ4n) is 2.65. The fourth-order valence-corrected chi connectivity index (χ4v) is 3.52. The second kappa shape index (κ2) is 7.24. The molecule has 4 aromatic rings. The zero-order chi connectivity index (χ0) is 18.8. The quantitative estimate of drug-likeness (QED) is 0.562. The molecule has 2 aromatic carbocycles. The molecular weight excluding hydrogens is 365 g/mol. The van der Waals surface area contributed by atoms with E-state index in [1.807, 2.05) is 24.3 Å². The average molecular weight is 381 g/mol. The van der Waals surface area contributed by atoms with Crippen LogP contribution < -0.4 is 5.32 Å². The Balaban J connectivity index is 1.51. The SMILES string of the molecule is CCCc1nnc2sc(-c3ccc(NC(=O)c4ccc(F)cc4)cc3)nn12. The van der Waals surface area contributed by atoms with Gasteiger partial charge in [-0.25, -0.2) is 4.39 Å². The van der Waals surface area contributed by atoms with Crippen molar-refractivity contribution in [3.63, 3.8) is 0 Å². The molecule has 0 atom stereocenters. The van der Waals surface area contributed by atoms with Crippen molar-refractivity contribution in [1.29, 1.82) is 0 Å². The molecule has 136 valence electrons. The molecule has 0 unspecified atom stereocenters. The smallest absolute Gasteiger partial charge is 0.255 e. The molecule has 0 radical (unpaired) electrons. The van der Waals surface area contributed by atoms with Crippen LogP contribution >= 0.6 is 11.3 Å². The molecule has 0 spiro atoms. The number of carbonyl (C=O) groups excluding carboxylic acids is 1. The predicted octanol–water partition coefficient (Wildman–Crippen LogP) is 4.20. The van der Waals surface area contributed by atoms with E-state index >= 15 is 0 Å². The van der Waals surface area contributed by atoms with Gasteiger partial charge in [-0.15, -0.1) is 10.2 Å². The van der Waals surface area contributed by atoms with E-state index in [1.165, 1.54) is 35.6 Å². The molecule has 0 aliphatic carbocycles. The molecule has 0 saturated carbocycles. The number of amides is 1. The van der Waals surface area contributed by atoms with Gasteiger partial charge in [-0.1, -0.05) is 18.3 Å². The number of nitrogens with zero attached hydrogens (tertiary/aromatic N) is 4. The van der Waals surface area contributed by atoms with Crippen molar-refractivity contribution in [3.8, 4) is 10.6 Å². The standard InChI is InChI=1S/C19H16FN5OS/c1-2-3-16-22-23-19-25(16)24-18(27-19)13-6-10-15(11-7-13)21-17(26)12-4-8-14(20)9-5-12/h4-11H,2-3H2,1H3,(H,21,26). The first-order chi connectivity index (χ1) is 13.1. The Hall–Kier alpha value is -3.13. The number of anilines is 1. The Labute approximate surface area is 158 Å². The highest BCUT2D eigenvalue weighted by atomic mass is 32.1. The molecule has 4 rings (SSSR count). The number of rotatable bonds is 5. The first-order valence-corrected chi connectivity index (χ1v) is 9.34. The molecule has 8 heteroatoms. The van der Waals surface area contributed by atoms with E-state index in [0.29, 0.717) is 11.3 Å². The summed E-state index contributed by atoms with van der Waals surface area (Å²) in [5, 5.41) is 16.6. The monoisotopic (exact) mass is 381 g/mol. The van der Waals surface area contributed by atoms with Gasteiger partial charge in [-0.2, -0.15) is 9.61 Å². The second-order valence-corrected chi connectivity index (χ2v) is 6.96. The van der Waals surface area contributed by atoms with E-state index in [0.717, 1.165) is 34.2 Å². The van der Waals surface area contributed by atoms with Crippen LogP contribution in [0.15, 0.2) is 48.5 Å². The van der Waals surface area contributed by atoms with Crippen LogP contribution in [-0.2, 0) is 6.42 Å². The molecule has 1 N–H and O–H groups in total. The van der Waals surface area contributed by atoms with Gasteiger partial charge in [0.25, 0.3) is 5.91 Å². The van der Waals surface area contributed by atoms with Gasteiger partial charge < -0.3 is 5.32 Å². The van der Waals surface area contributed by atoms with E-state index in [9.17, 15) is 9.18 Å². The maximum Gasteiger partial charge on any atom is 0.255 e. The van der Waals surface area contributed by atoms with E-state index < -0.39 is 0 Å². The number of hydrogen-bond acceptors (Lipinski definition) is 5. The van der Waals surface area contributed by atoms with Crippen molar-refractivity contribution >= 4 is 27.9 Å². The molecular formula is C19H16FN5OS. The summed E-state index contributed by atoms with van der Waals surface area (Å²) in [6.07, 6.45) is 1.81. The Kier molecular flexibility index (Phi) is 4.64. The summed E-state index contributed by atoms with van der Waals surface area (Å²) in [5.74, 6) is 0.201. The number of nitrogens with one attached hydrogen (secondary N) is 1. The predicted molar refractivity (Wildman–Crippen MR) is 102 cm³/mol. The third kappa shape index (κ3) is 3.56. The molecule has 0 aliphatic heterocycles. The third-order valence-corrected chi connectivity index (χ3v) is 4.97. The van der Waals surface area contributed by atoms with Crippen LogP contribution in [-0.4, -0.2) is 25.7 Å². The Morgan fingerprint density at radius 1 is 1.11 bits per heavy atom. The second-order valence-electron chi connectivity index (χ2n) is 6.01. The number of aromatic nitrogens is 4. The van der Waals surface area contributed by atoms with Gasteiger partial charge in [0.1, 0.15) is 10.8 Å².